The van der Waals surface area contributed by atoms with Gasteiger partial charge in [-0.3, -0.25) is 0 Å². The Bertz CT molecular complexity index is 221. The van der Waals surface area contributed by atoms with E-state index in [0.717, 1.165) is 32.1 Å². The summed E-state index contributed by atoms with van der Waals surface area (Å²) in [7, 11) is 0. The lowest BCUT2D eigenvalue weighted by atomic mass is 9.63. The molecule has 0 aromatic carbocycles. The van der Waals surface area contributed by atoms with Gasteiger partial charge in [-0.15, -0.1) is 0 Å². The van der Waals surface area contributed by atoms with Gasteiger partial charge in [-0.1, -0.05) is 19.3 Å². The largest absolute Gasteiger partial charge is 0.391 e. The second-order valence-electron chi connectivity index (χ2n) is 4.61. The van der Waals surface area contributed by atoms with Gasteiger partial charge in [-0.2, -0.15) is 5.26 Å². The predicted molar refractivity (Wildman–Crippen MR) is 49.9 cm³/mol. The van der Waals surface area contributed by atoms with E-state index < -0.39 is 0 Å². The summed E-state index contributed by atoms with van der Waals surface area (Å²) >= 11 is 0. The molecular formula is C11H17NO. The molecule has 2 saturated carbocycles. The molecule has 13 heavy (non-hydrogen) atoms. The van der Waals surface area contributed by atoms with Crippen LogP contribution < -0.4 is 0 Å². The van der Waals surface area contributed by atoms with Crippen LogP contribution in [0.1, 0.15) is 44.9 Å². The van der Waals surface area contributed by atoms with Crippen molar-refractivity contribution in [1.29, 1.82) is 5.26 Å². The van der Waals surface area contributed by atoms with E-state index in [9.17, 15) is 5.11 Å². The lowest BCUT2D eigenvalue weighted by Crippen LogP contribution is -2.43. The normalized spacial score (nSPS) is 29.2. The van der Waals surface area contributed by atoms with E-state index >= 15 is 0 Å². The molecule has 2 fully saturated rings. The highest BCUT2D eigenvalue weighted by Crippen LogP contribution is 2.48. The van der Waals surface area contributed by atoms with Crippen LogP contribution in [0, 0.1) is 22.7 Å². The maximum absolute atomic E-state index is 10.1. The Morgan fingerprint density at radius 2 is 1.85 bits per heavy atom. The van der Waals surface area contributed by atoms with E-state index in [1.807, 2.05) is 0 Å². The average molecular weight is 179 g/mol. The standard InChI is InChI=1S/C11H17NO/c12-8-11(6-3-7-11)10(13)9-4-1-2-5-9/h9-10,13H,1-7H2. The van der Waals surface area contributed by atoms with E-state index in [4.69, 9.17) is 5.26 Å². The molecule has 72 valence electrons. The molecule has 0 radical (unpaired) electrons. The van der Waals surface area contributed by atoms with Gasteiger partial charge in [0.05, 0.1) is 17.6 Å². The van der Waals surface area contributed by atoms with Crippen molar-refractivity contribution in [2.45, 2.75) is 51.0 Å². The summed E-state index contributed by atoms with van der Waals surface area (Å²) in [5, 5.41) is 19.2. The molecule has 0 spiro atoms. The maximum atomic E-state index is 10.1. The molecule has 0 saturated heterocycles. The average Bonchev–Trinajstić information content (AvgIpc) is 2.54. The summed E-state index contributed by atoms with van der Waals surface area (Å²) in [5.41, 5.74) is -0.352. The van der Waals surface area contributed by atoms with Gasteiger partial charge >= 0.3 is 0 Å². The Morgan fingerprint density at radius 3 is 2.23 bits per heavy atom. The molecule has 2 aliphatic rings. The minimum Gasteiger partial charge on any atom is -0.391 e. The number of rotatable bonds is 2. The smallest absolute Gasteiger partial charge is 0.0835 e. The Morgan fingerprint density at radius 1 is 1.23 bits per heavy atom. The van der Waals surface area contributed by atoms with E-state index in [-0.39, 0.29) is 11.5 Å². The van der Waals surface area contributed by atoms with Crippen molar-refractivity contribution < 1.29 is 5.11 Å². The summed E-state index contributed by atoms with van der Waals surface area (Å²) in [6.45, 7) is 0. The number of aliphatic hydroxyl groups is 1. The van der Waals surface area contributed by atoms with Crippen LogP contribution in [0.5, 0.6) is 0 Å². The van der Waals surface area contributed by atoms with E-state index in [0.29, 0.717) is 5.92 Å². The number of hydrogen-bond acceptors (Lipinski definition) is 2. The third kappa shape index (κ3) is 1.36. The van der Waals surface area contributed by atoms with Crippen molar-refractivity contribution in [3.8, 4) is 6.07 Å². The zero-order chi connectivity index (χ0) is 9.31. The Balaban J connectivity index is 2.02. The first kappa shape index (κ1) is 9.02. The zero-order valence-corrected chi connectivity index (χ0v) is 8.00. The number of aliphatic hydroxyl groups excluding tert-OH is 1. The summed E-state index contributed by atoms with van der Waals surface area (Å²) in [4.78, 5) is 0. The Hall–Kier alpha value is -0.550. The number of nitriles is 1. The minimum atomic E-state index is -0.352. The summed E-state index contributed by atoms with van der Waals surface area (Å²) in [6, 6.07) is 2.34. The number of nitrogens with zero attached hydrogens (tertiary/aromatic N) is 1. The first-order chi connectivity index (χ1) is 6.28. The van der Waals surface area contributed by atoms with Gasteiger partial charge in [0.2, 0.25) is 0 Å². The van der Waals surface area contributed by atoms with E-state index in [1.54, 1.807) is 0 Å². The van der Waals surface area contributed by atoms with Crippen molar-refractivity contribution >= 4 is 0 Å². The topological polar surface area (TPSA) is 44.0 Å². The van der Waals surface area contributed by atoms with Crippen LogP contribution in [0.25, 0.3) is 0 Å². The molecule has 0 amide bonds. The molecule has 1 unspecified atom stereocenters. The molecule has 2 nitrogen and oxygen atoms in total. The van der Waals surface area contributed by atoms with E-state index in [1.165, 1.54) is 12.8 Å². The van der Waals surface area contributed by atoms with E-state index in [2.05, 4.69) is 6.07 Å². The molecule has 0 bridgehead atoms. The van der Waals surface area contributed by atoms with Crippen LogP contribution >= 0.6 is 0 Å². The second kappa shape index (κ2) is 3.31. The fourth-order valence-corrected chi connectivity index (χ4v) is 2.76. The molecular weight excluding hydrogens is 162 g/mol. The lowest BCUT2D eigenvalue weighted by Gasteiger charge is -2.41. The molecule has 0 aromatic rings. The highest BCUT2D eigenvalue weighted by atomic mass is 16.3. The van der Waals surface area contributed by atoms with Crippen LogP contribution in [0.3, 0.4) is 0 Å². The highest BCUT2D eigenvalue weighted by Gasteiger charge is 2.47. The maximum Gasteiger partial charge on any atom is 0.0835 e. The van der Waals surface area contributed by atoms with Crippen LogP contribution in [0.15, 0.2) is 0 Å². The second-order valence-corrected chi connectivity index (χ2v) is 4.61. The van der Waals surface area contributed by atoms with Gasteiger partial charge in [0.25, 0.3) is 0 Å². The minimum absolute atomic E-state index is 0.339. The predicted octanol–water partition coefficient (Wildman–Crippen LogP) is 2.23. The SMILES string of the molecule is N#CC1(C(O)C2CCCC2)CCC1. The lowest BCUT2D eigenvalue weighted by molar-refractivity contribution is -0.0289. The zero-order valence-electron chi connectivity index (χ0n) is 8.00. The van der Waals surface area contributed by atoms with Gasteiger partial charge in [-0.25, -0.2) is 0 Å². The fourth-order valence-electron chi connectivity index (χ4n) is 2.76. The highest BCUT2D eigenvalue weighted by molar-refractivity contribution is 5.10. The molecule has 2 aliphatic carbocycles. The summed E-state index contributed by atoms with van der Waals surface area (Å²) in [6.07, 6.45) is 7.36. The summed E-state index contributed by atoms with van der Waals surface area (Å²) < 4.78 is 0. The molecule has 0 aromatic heterocycles. The van der Waals surface area contributed by atoms with Crippen LogP contribution in [0.2, 0.25) is 0 Å². The molecule has 1 N–H and O–H groups in total. The fraction of sp³-hybridized carbons (Fsp3) is 0.909. The monoisotopic (exact) mass is 179 g/mol. The van der Waals surface area contributed by atoms with Crippen LogP contribution in [0.4, 0.5) is 0 Å². The molecule has 0 aliphatic heterocycles. The molecule has 2 rings (SSSR count). The quantitative estimate of drug-likeness (QED) is 0.706. The third-order valence-corrected chi connectivity index (χ3v) is 3.88. The van der Waals surface area contributed by atoms with Gasteiger partial charge in [-0.05, 0) is 31.6 Å². The molecule has 0 heterocycles. The van der Waals surface area contributed by atoms with Crippen molar-refractivity contribution in [2.24, 2.45) is 11.3 Å². The molecule has 1 atom stereocenters. The van der Waals surface area contributed by atoms with Crippen molar-refractivity contribution in [3.63, 3.8) is 0 Å². The van der Waals surface area contributed by atoms with Crippen molar-refractivity contribution in [2.75, 3.05) is 0 Å². The number of hydrogen-bond donors (Lipinski definition) is 1. The Kier molecular flexibility index (Phi) is 2.29. The Labute approximate surface area is 79.6 Å². The third-order valence-electron chi connectivity index (χ3n) is 3.88. The van der Waals surface area contributed by atoms with Crippen LogP contribution in [-0.2, 0) is 0 Å². The first-order valence-electron chi connectivity index (χ1n) is 5.38. The van der Waals surface area contributed by atoms with Crippen molar-refractivity contribution in [1.82, 2.24) is 0 Å². The van der Waals surface area contributed by atoms with Crippen molar-refractivity contribution in [3.05, 3.63) is 0 Å². The van der Waals surface area contributed by atoms with Gasteiger partial charge in [0.15, 0.2) is 0 Å². The van der Waals surface area contributed by atoms with Crippen LogP contribution in [-0.4, -0.2) is 11.2 Å². The van der Waals surface area contributed by atoms with Gasteiger partial charge in [0, 0.05) is 0 Å². The first-order valence-corrected chi connectivity index (χ1v) is 5.38. The van der Waals surface area contributed by atoms with Gasteiger partial charge in [0.1, 0.15) is 0 Å². The summed E-state index contributed by atoms with van der Waals surface area (Å²) in [5.74, 6) is 0.417. The molecule has 2 heteroatoms. The van der Waals surface area contributed by atoms with Gasteiger partial charge < -0.3 is 5.11 Å².